The van der Waals surface area contributed by atoms with Crippen molar-refractivity contribution in [2.24, 2.45) is 0 Å². The van der Waals surface area contributed by atoms with E-state index in [2.05, 4.69) is 10.3 Å². The Morgan fingerprint density at radius 3 is 2.62 bits per heavy atom. The minimum absolute atomic E-state index is 0.107. The lowest BCUT2D eigenvalue weighted by molar-refractivity contribution is -0.125. The van der Waals surface area contributed by atoms with Gasteiger partial charge in [0.1, 0.15) is 5.54 Å². The summed E-state index contributed by atoms with van der Waals surface area (Å²) in [5, 5.41) is 4.43. The summed E-state index contributed by atoms with van der Waals surface area (Å²) in [6, 6.07) is 8.81. The first-order chi connectivity index (χ1) is 13.9. The molecule has 146 valence electrons. The third-order valence-corrected chi connectivity index (χ3v) is 6.05. The number of nitrogens with one attached hydrogen (secondary N) is 1. The van der Waals surface area contributed by atoms with Gasteiger partial charge in [-0.1, -0.05) is 35.9 Å². The smallest absolute Gasteiger partial charge is 0.323 e. The summed E-state index contributed by atoms with van der Waals surface area (Å²) in [7, 11) is 0. The number of benzene rings is 2. The summed E-state index contributed by atoms with van der Waals surface area (Å²) in [4.78, 5) is 31.1. The molecular weight excluding hydrogens is 400 g/mol. The molecule has 1 spiro atoms. The maximum Gasteiger partial charge on any atom is 0.329 e. The van der Waals surface area contributed by atoms with E-state index in [-0.39, 0.29) is 29.7 Å². The number of nitrogens with zero attached hydrogens (tertiary/aromatic N) is 2. The zero-order chi connectivity index (χ0) is 20.3. The fourth-order valence-electron chi connectivity index (χ4n) is 4.25. The Balaban J connectivity index is 1.46. The summed E-state index contributed by atoms with van der Waals surface area (Å²) in [6.45, 7) is 0. The molecule has 8 heteroatoms. The number of pyridine rings is 1. The van der Waals surface area contributed by atoms with Crippen LogP contribution >= 0.6 is 11.6 Å². The number of rotatable bonds is 2. The van der Waals surface area contributed by atoms with Gasteiger partial charge in [-0.25, -0.2) is 18.5 Å². The van der Waals surface area contributed by atoms with Crippen LogP contribution in [0.4, 0.5) is 19.3 Å². The Kier molecular flexibility index (Phi) is 3.86. The largest absolute Gasteiger partial charge is 0.329 e. The van der Waals surface area contributed by atoms with E-state index in [0.717, 1.165) is 27.8 Å². The van der Waals surface area contributed by atoms with Gasteiger partial charge in [-0.2, -0.15) is 0 Å². The van der Waals surface area contributed by atoms with Gasteiger partial charge in [0.25, 0.3) is 5.91 Å². The van der Waals surface area contributed by atoms with E-state index in [1.165, 1.54) is 6.20 Å². The molecule has 1 aliphatic heterocycles. The number of halogens is 3. The van der Waals surface area contributed by atoms with Crippen LogP contribution < -0.4 is 10.2 Å². The van der Waals surface area contributed by atoms with Gasteiger partial charge in [0, 0.05) is 22.0 Å². The van der Waals surface area contributed by atoms with E-state index < -0.39 is 23.2 Å². The quantitative estimate of drug-likeness (QED) is 0.495. The van der Waals surface area contributed by atoms with Crippen molar-refractivity contribution >= 4 is 40.0 Å². The SMILES string of the molecule is O=C1NC2(CC(c3cc(F)c(F)cc3Cl)C2)C(=O)N1c1cncc2ccccc12. The third-order valence-electron chi connectivity index (χ3n) is 5.72. The lowest BCUT2D eigenvalue weighted by Gasteiger charge is -2.43. The minimum Gasteiger partial charge on any atom is -0.323 e. The number of hydrogen-bond donors (Lipinski definition) is 1. The molecule has 1 saturated carbocycles. The van der Waals surface area contributed by atoms with Gasteiger partial charge >= 0.3 is 6.03 Å². The van der Waals surface area contributed by atoms with Crippen LogP contribution in [0.15, 0.2) is 48.8 Å². The van der Waals surface area contributed by atoms with Crippen molar-refractivity contribution in [2.45, 2.75) is 24.3 Å². The number of fused-ring (bicyclic) bond motifs is 1. The monoisotopic (exact) mass is 413 g/mol. The van der Waals surface area contributed by atoms with Crippen LogP contribution in [0.3, 0.4) is 0 Å². The van der Waals surface area contributed by atoms with E-state index in [9.17, 15) is 18.4 Å². The number of aromatic nitrogens is 1. The topological polar surface area (TPSA) is 62.3 Å². The molecule has 0 radical (unpaired) electrons. The highest BCUT2D eigenvalue weighted by molar-refractivity contribution is 6.31. The molecule has 2 aliphatic rings. The maximum atomic E-state index is 13.6. The molecule has 5 rings (SSSR count). The van der Waals surface area contributed by atoms with Gasteiger partial charge in [0.2, 0.25) is 0 Å². The van der Waals surface area contributed by atoms with Crippen LogP contribution in [0.25, 0.3) is 10.8 Å². The number of hydrogen-bond acceptors (Lipinski definition) is 3. The van der Waals surface area contributed by atoms with Crippen molar-refractivity contribution in [1.82, 2.24) is 10.3 Å². The number of carbonyl (C=O) groups excluding carboxylic acids is 2. The highest BCUT2D eigenvalue weighted by atomic mass is 35.5. The highest BCUT2D eigenvalue weighted by Gasteiger charge is 2.59. The molecular formula is C21H14ClF2N3O2. The molecule has 1 aliphatic carbocycles. The highest BCUT2D eigenvalue weighted by Crippen LogP contribution is 2.50. The minimum atomic E-state index is -1.08. The fourth-order valence-corrected chi connectivity index (χ4v) is 4.55. The molecule has 2 heterocycles. The zero-order valence-corrected chi connectivity index (χ0v) is 15.7. The molecule has 3 amide bonds. The first-order valence-corrected chi connectivity index (χ1v) is 9.41. The first kappa shape index (κ1) is 18.0. The molecule has 1 saturated heterocycles. The first-order valence-electron chi connectivity index (χ1n) is 9.03. The molecule has 2 fully saturated rings. The van der Waals surface area contributed by atoms with Gasteiger partial charge < -0.3 is 5.32 Å². The van der Waals surface area contributed by atoms with Gasteiger partial charge in [0.05, 0.1) is 11.9 Å². The normalized spacial score (nSPS) is 23.6. The van der Waals surface area contributed by atoms with Crippen LogP contribution in [-0.4, -0.2) is 22.5 Å². The fraction of sp³-hybridized carbons (Fsp3) is 0.190. The van der Waals surface area contributed by atoms with Gasteiger partial charge in [-0.3, -0.25) is 9.78 Å². The summed E-state index contributed by atoms with van der Waals surface area (Å²) >= 11 is 6.06. The van der Waals surface area contributed by atoms with Crippen molar-refractivity contribution in [3.05, 3.63) is 71.0 Å². The van der Waals surface area contributed by atoms with Crippen LogP contribution in [0.1, 0.15) is 24.3 Å². The summed E-state index contributed by atoms with van der Waals surface area (Å²) in [6.07, 6.45) is 3.67. The number of carbonyl (C=O) groups is 2. The number of amides is 3. The van der Waals surface area contributed by atoms with E-state index >= 15 is 0 Å². The van der Waals surface area contributed by atoms with Gasteiger partial charge in [-0.15, -0.1) is 0 Å². The predicted molar refractivity (Wildman–Crippen MR) is 104 cm³/mol. The third kappa shape index (κ3) is 2.61. The second-order valence-corrected chi connectivity index (χ2v) is 7.83. The van der Waals surface area contributed by atoms with Crippen LogP contribution in [0.5, 0.6) is 0 Å². The Hall–Kier alpha value is -3.06. The summed E-state index contributed by atoms with van der Waals surface area (Å²) in [5.41, 5.74) is -0.229. The Labute approximate surface area is 169 Å². The lowest BCUT2D eigenvalue weighted by atomic mass is 9.65. The van der Waals surface area contributed by atoms with Gasteiger partial charge in [0.15, 0.2) is 11.6 Å². The Bertz CT molecular complexity index is 1190. The summed E-state index contributed by atoms with van der Waals surface area (Å²) in [5.74, 6) is -2.65. The number of anilines is 1. The average molecular weight is 414 g/mol. The molecule has 3 aromatic rings. The van der Waals surface area contributed by atoms with Crippen LogP contribution in [-0.2, 0) is 4.79 Å². The van der Waals surface area contributed by atoms with E-state index in [0.29, 0.717) is 11.3 Å². The number of imide groups is 1. The molecule has 0 atom stereocenters. The number of urea groups is 1. The molecule has 0 unspecified atom stereocenters. The van der Waals surface area contributed by atoms with Crippen molar-refractivity contribution in [3.8, 4) is 0 Å². The van der Waals surface area contributed by atoms with Gasteiger partial charge in [-0.05, 0) is 36.5 Å². The molecule has 1 N–H and O–H groups in total. The maximum absolute atomic E-state index is 13.6. The Morgan fingerprint density at radius 1 is 1.10 bits per heavy atom. The van der Waals surface area contributed by atoms with E-state index in [4.69, 9.17) is 11.6 Å². The van der Waals surface area contributed by atoms with Crippen molar-refractivity contribution in [1.29, 1.82) is 0 Å². The molecule has 5 nitrogen and oxygen atoms in total. The van der Waals surface area contributed by atoms with Crippen molar-refractivity contribution in [3.63, 3.8) is 0 Å². The second kappa shape index (κ2) is 6.22. The average Bonchev–Trinajstić information content (AvgIpc) is 2.94. The lowest BCUT2D eigenvalue weighted by Crippen LogP contribution is -2.56. The van der Waals surface area contributed by atoms with Crippen molar-refractivity contribution in [2.75, 3.05) is 4.90 Å². The van der Waals surface area contributed by atoms with E-state index in [1.54, 1.807) is 6.20 Å². The molecule has 0 bridgehead atoms. The van der Waals surface area contributed by atoms with Crippen molar-refractivity contribution < 1.29 is 18.4 Å². The molecule has 2 aromatic carbocycles. The second-order valence-electron chi connectivity index (χ2n) is 7.43. The Morgan fingerprint density at radius 2 is 1.83 bits per heavy atom. The molecule has 29 heavy (non-hydrogen) atoms. The van der Waals surface area contributed by atoms with E-state index in [1.807, 2.05) is 24.3 Å². The van der Waals surface area contributed by atoms with Crippen LogP contribution in [0.2, 0.25) is 5.02 Å². The predicted octanol–water partition coefficient (Wildman–Crippen LogP) is 4.54. The summed E-state index contributed by atoms with van der Waals surface area (Å²) < 4.78 is 27.0. The zero-order valence-electron chi connectivity index (χ0n) is 15.0. The standard InChI is InChI=1S/C21H14ClF2N3O2/c22-15-6-17(24)16(23)5-14(15)12-7-21(8-12)19(28)27(20(29)26-21)18-10-25-9-11-3-1-2-4-13(11)18/h1-6,9-10,12H,7-8H2,(H,26,29). The van der Waals surface area contributed by atoms with Crippen LogP contribution in [0, 0.1) is 11.6 Å². The molecule has 1 aromatic heterocycles.